The number of para-hydroxylation sites is 1. The lowest BCUT2D eigenvalue weighted by Gasteiger charge is -2.17. The van der Waals surface area contributed by atoms with Gasteiger partial charge in [-0.3, -0.25) is 4.79 Å². The van der Waals surface area contributed by atoms with Gasteiger partial charge in [0, 0.05) is 6.54 Å². The fourth-order valence-corrected chi connectivity index (χ4v) is 2.04. The normalized spacial score (nSPS) is 20.6. The first kappa shape index (κ1) is 14.6. The van der Waals surface area contributed by atoms with Gasteiger partial charge in [0.15, 0.2) is 17.3 Å². The number of rotatable bonds is 4. The Kier molecular flexibility index (Phi) is 4.15. The van der Waals surface area contributed by atoms with Gasteiger partial charge < -0.3 is 24.6 Å². The van der Waals surface area contributed by atoms with Crippen molar-refractivity contribution in [3.63, 3.8) is 0 Å². The number of aromatic hydroxyl groups is 1. The van der Waals surface area contributed by atoms with E-state index >= 15 is 0 Å². The maximum Gasteiger partial charge on any atom is 0.255 e. The molecule has 1 atom stereocenters. The molecule has 0 radical (unpaired) electrons. The average molecular weight is 281 g/mol. The fraction of sp³-hybridized carbons (Fsp3) is 0.500. The molecule has 0 aromatic heterocycles. The Morgan fingerprint density at radius 1 is 1.55 bits per heavy atom. The molecular formula is C14H19NO5. The number of carbonyl (C=O) groups excluding carboxylic acids is 1. The number of phenols is 1. The first-order valence-corrected chi connectivity index (χ1v) is 6.39. The minimum absolute atomic E-state index is 0.169. The lowest BCUT2D eigenvalue weighted by atomic mass is 10.1. The largest absolute Gasteiger partial charge is 0.504 e. The number of methoxy groups -OCH3 is 1. The molecule has 6 heteroatoms. The standard InChI is InChI=1S/C14H19NO5/c1-14(2)19-8-9(20-14)7-15-13(17)10-5-4-6-11(18-3)12(10)16/h4-6,9,16H,7-8H2,1-3H3,(H,15,17). The first-order chi connectivity index (χ1) is 9.43. The zero-order valence-corrected chi connectivity index (χ0v) is 11.8. The molecule has 6 nitrogen and oxygen atoms in total. The van der Waals surface area contributed by atoms with Crippen LogP contribution in [0.5, 0.6) is 11.5 Å². The summed E-state index contributed by atoms with van der Waals surface area (Å²) < 4.78 is 16.0. The highest BCUT2D eigenvalue weighted by atomic mass is 16.7. The van der Waals surface area contributed by atoms with Gasteiger partial charge >= 0.3 is 0 Å². The van der Waals surface area contributed by atoms with E-state index in [0.29, 0.717) is 13.2 Å². The summed E-state index contributed by atoms with van der Waals surface area (Å²) in [7, 11) is 1.43. The molecule has 1 amide bonds. The van der Waals surface area contributed by atoms with Crippen molar-refractivity contribution in [3.8, 4) is 11.5 Å². The van der Waals surface area contributed by atoms with Crippen LogP contribution >= 0.6 is 0 Å². The predicted octanol–water partition coefficient (Wildman–Crippen LogP) is 1.28. The molecule has 0 saturated carbocycles. The molecule has 0 bridgehead atoms. The lowest BCUT2D eigenvalue weighted by molar-refractivity contribution is -0.137. The molecule has 1 aromatic rings. The van der Waals surface area contributed by atoms with Crippen molar-refractivity contribution < 1.29 is 24.1 Å². The number of ether oxygens (including phenoxy) is 3. The van der Waals surface area contributed by atoms with Crippen molar-refractivity contribution in [2.45, 2.75) is 25.7 Å². The number of hydrogen-bond acceptors (Lipinski definition) is 5. The summed E-state index contributed by atoms with van der Waals surface area (Å²) in [4.78, 5) is 12.0. The Balaban J connectivity index is 1.96. The number of benzene rings is 1. The van der Waals surface area contributed by atoms with Crippen molar-refractivity contribution >= 4 is 5.91 Å². The van der Waals surface area contributed by atoms with Gasteiger partial charge in [0.1, 0.15) is 6.10 Å². The highest BCUT2D eigenvalue weighted by Gasteiger charge is 2.32. The number of phenolic OH excluding ortho intramolecular Hbond substituents is 1. The van der Waals surface area contributed by atoms with Crippen LogP contribution < -0.4 is 10.1 Å². The molecular weight excluding hydrogens is 262 g/mol. The molecule has 0 spiro atoms. The Bertz CT molecular complexity index is 500. The van der Waals surface area contributed by atoms with Gasteiger partial charge in [0.05, 0.1) is 19.3 Å². The topological polar surface area (TPSA) is 77.0 Å². The van der Waals surface area contributed by atoms with Crippen LogP contribution in [0.2, 0.25) is 0 Å². The molecule has 110 valence electrons. The van der Waals surface area contributed by atoms with E-state index in [0.717, 1.165) is 0 Å². The molecule has 0 aliphatic carbocycles. The fourth-order valence-electron chi connectivity index (χ4n) is 2.04. The van der Waals surface area contributed by atoms with Crippen molar-refractivity contribution in [2.75, 3.05) is 20.3 Å². The molecule has 1 aromatic carbocycles. The van der Waals surface area contributed by atoms with E-state index in [1.165, 1.54) is 13.2 Å². The monoisotopic (exact) mass is 281 g/mol. The third-order valence-electron chi connectivity index (χ3n) is 3.02. The first-order valence-electron chi connectivity index (χ1n) is 6.39. The van der Waals surface area contributed by atoms with Crippen LogP contribution in [-0.4, -0.2) is 43.2 Å². The van der Waals surface area contributed by atoms with E-state index in [-0.39, 0.29) is 29.1 Å². The quantitative estimate of drug-likeness (QED) is 0.869. The van der Waals surface area contributed by atoms with Crippen LogP contribution in [0.1, 0.15) is 24.2 Å². The Morgan fingerprint density at radius 3 is 2.90 bits per heavy atom. The molecule has 2 rings (SSSR count). The van der Waals surface area contributed by atoms with Crippen molar-refractivity contribution in [2.24, 2.45) is 0 Å². The summed E-state index contributed by atoms with van der Waals surface area (Å²) in [6, 6.07) is 4.76. The predicted molar refractivity (Wildman–Crippen MR) is 71.9 cm³/mol. The van der Waals surface area contributed by atoms with E-state index in [2.05, 4.69) is 5.32 Å². The summed E-state index contributed by atoms with van der Waals surface area (Å²) in [6.45, 7) is 4.39. The summed E-state index contributed by atoms with van der Waals surface area (Å²) >= 11 is 0. The minimum Gasteiger partial charge on any atom is -0.504 e. The summed E-state index contributed by atoms with van der Waals surface area (Å²) in [6.07, 6.45) is -0.193. The average Bonchev–Trinajstić information content (AvgIpc) is 2.76. The molecule has 1 saturated heterocycles. The summed E-state index contributed by atoms with van der Waals surface area (Å²) in [5.41, 5.74) is 0.169. The number of amides is 1. The van der Waals surface area contributed by atoms with Gasteiger partial charge in [-0.05, 0) is 26.0 Å². The van der Waals surface area contributed by atoms with Crippen molar-refractivity contribution in [1.29, 1.82) is 0 Å². The molecule has 20 heavy (non-hydrogen) atoms. The molecule has 1 heterocycles. The molecule has 1 fully saturated rings. The number of carbonyl (C=O) groups is 1. The number of hydrogen-bond donors (Lipinski definition) is 2. The van der Waals surface area contributed by atoms with Gasteiger partial charge in [-0.25, -0.2) is 0 Å². The third kappa shape index (κ3) is 3.20. The number of nitrogens with one attached hydrogen (secondary N) is 1. The second-order valence-corrected chi connectivity index (χ2v) is 5.02. The van der Waals surface area contributed by atoms with Crippen molar-refractivity contribution in [1.82, 2.24) is 5.32 Å². The van der Waals surface area contributed by atoms with Crippen LogP contribution in [0, 0.1) is 0 Å². The summed E-state index contributed by atoms with van der Waals surface area (Å²) in [5.74, 6) is -0.904. The SMILES string of the molecule is COc1cccc(C(=O)NCC2COC(C)(C)O2)c1O. The maximum absolute atomic E-state index is 12.0. The van der Waals surface area contributed by atoms with Crippen LogP contribution in [0.25, 0.3) is 0 Å². The van der Waals surface area contributed by atoms with E-state index in [9.17, 15) is 9.90 Å². The van der Waals surface area contributed by atoms with Crippen molar-refractivity contribution in [3.05, 3.63) is 23.8 Å². The summed E-state index contributed by atoms with van der Waals surface area (Å²) in [5, 5.41) is 12.6. The molecule has 1 aliphatic heterocycles. The van der Waals surface area contributed by atoms with Crippen LogP contribution in [0.15, 0.2) is 18.2 Å². The third-order valence-corrected chi connectivity index (χ3v) is 3.02. The van der Waals surface area contributed by atoms with Crippen LogP contribution in [0.3, 0.4) is 0 Å². The Morgan fingerprint density at radius 2 is 2.30 bits per heavy atom. The smallest absolute Gasteiger partial charge is 0.255 e. The zero-order valence-electron chi connectivity index (χ0n) is 11.8. The highest BCUT2D eigenvalue weighted by Crippen LogP contribution is 2.29. The van der Waals surface area contributed by atoms with Crippen LogP contribution in [-0.2, 0) is 9.47 Å². The van der Waals surface area contributed by atoms with E-state index in [4.69, 9.17) is 14.2 Å². The van der Waals surface area contributed by atoms with E-state index in [1.807, 2.05) is 13.8 Å². The Hall–Kier alpha value is -1.79. The van der Waals surface area contributed by atoms with E-state index < -0.39 is 5.79 Å². The minimum atomic E-state index is -0.618. The van der Waals surface area contributed by atoms with Gasteiger partial charge in [0.25, 0.3) is 5.91 Å². The zero-order chi connectivity index (χ0) is 14.8. The highest BCUT2D eigenvalue weighted by molar-refractivity contribution is 5.97. The van der Waals surface area contributed by atoms with Crippen LogP contribution in [0.4, 0.5) is 0 Å². The maximum atomic E-state index is 12.0. The second-order valence-electron chi connectivity index (χ2n) is 5.02. The second kappa shape index (κ2) is 5.68. The molecule has 1 unspecified atom stereocenters. The molecule has 2 N–H and O–H groups in total. The van der Waals surface area contributed by atoms with Gasteiger partial charge in [-0.15, -0.1) is 0 Å². The molecule has 1 aliphatic rings. The van der Waals surface area contributed by atoms with Gasteiger partial charge in [0.2, 0.25) is 0 Å². The van der Waals surface area contributed by atoms with E-state index in [1.54, 1.807) is 12.1 Å². The Labute approximate surface area is 117 Å². The van der Waals surface area contributed by atoms with Gasteiger partial charge in [-0.2, -0.15) is 0 Å². The van der Waals surface area contributed by atoms with Gasteiger partial charge in [-0.1, -0.05) is 6.07 Å². The lowest BCUT2D eigenvalue weighted by Crippen LogP contribution is -2.34.